The topological polar surface area (TPSA) is 83.7 Å². The van der Waals surface area contributed by atoms with Gasteiger partial charge in [0, 0.05) is 26.2 Å². The summed E-state index contributed by atoms with van der Waals surface area (Å²) in [6.45, 7) is 0.515. The summed E-state index contributed by atoms with van der Waals surface area (Å²) in [6.07, 6.45) is -4.26. The quantitative estimate of drug-likeness (QED) is 0.876. The maximum atomic E-state index is 12.7. The monoisotopic (exact) mass is 351 g/mol. The van der Waals surface area contributed by atoms with Gasteiger partial charge in [-0.25, -0.2) is 13.2 Å². The van der Waals surface area contributed by atoms with Crippen molar-refractivity contribution in [3.8, 4) is 0 Å². The molecular formula is C13H16F3N3O3S. The molecule has 1 aliphatic rings. The summed E-state index contributed by atoms with van der Waals surface area (Å²) in [7, 11) is -4.06. The van der Waals surface area contributed by atoms with Crippen molar-refractivity contribution < 1.29 is 26.4 Å². The van der Waals surface area contributed by atoms with Gasteiger partial charge in [0.05, 0.1) is 10.5 Å². The molecule has 2 rings (SSSR count). The first kappa shape index (κ1) is 17.5. The standard InChI is InChI=1S/C13H16F3N3O3S/c14-13(15,16)10-3-1-4-11(9-10)23(21,22)19-6-2-5-18(7-8-19)12(17)20/h1,3-4,9H,2,5-8H2,(H2,17,20). The van der Waals surface area contributed by atoms with Gasteiger partial charge in [0.15, 0.2) is 0 Å². The smallest absolute Gasteiger partial charge is 0.351 e. The number of carbonyl (C=O) groups is 1. The highest BCUT2D eigenvalue weighted by molar-refractivity contribution is 7.89. The molecule has 0 atom stereocenters. The van der Waals surface area contributed by atoms with Crippen LogP contribution in [-0.2, 0) is 16.2 Å². The van der Waals surface area contributed by atoms with E-state index < -0.39 is 32.7 Å². The number of hydrogen-bond acceptors (Lipinski definition) is 3. The highest BCUT2D eigenvalue weighted by Crippen LogP contribution is 2.31. The van der Waals surface area contributed by atoms with Crippen molar-refractivity contribution in [1.29, 1.82) is 0 Å². The normalized spacial score (nSPS) is 17.8. The van der Waals surface area contributed by atoms with Gasteiger partial charge in [-0.05, 0) is 24.6 Å². The van der Waals surface area contributed by atoms with Crippen LogP contribution < -0.4 is 5.73 Å². The molecule has 0 spiro atoms. The molecule has 1 fully saturated rings. The number of urea groups is 1. The van der Waals surface area contributed by atoms with Gasteiger partial charge in [-0.2, -0.15) is 17.5 Å². The molecule has 23 heavy (non-hydrogen) atoms. The lowest BCUT2D eigenvalue weighted by molar-refractivity contribution is -0.137. The average Bonchev–Trinajstić information content (AvgIpc) is 2.73. The summed E-state index contributed by atoms with van der Waals surface area (Å²) in [6, 6.07) is 2.97. The molecule has 10 heteroatoms. The van der Waals surface area contributed by atoms with E-state index in [0.29, 0.717) is 19.0 Å². The van der Waals surface area contributed by atoms with Crippen LogP contribution in [0.15, 0.2) is 29.2 Å². The third kappa shape index (κ3) is 3.94. The Balaban J connectivity index is 2.26. The molecule has 1 heterocycles. The van der Waals surface area contributed by atoms with Crippen LogP contribution in [0, 0.1) is 0 Å². The number of alkyl halides is 3. The van der Waals surface area contributed by atoms with Crippen molar-refractivity contribution in [1.82, 2.24) is 9.21 Å². The molecule has 2 amide bonds. The first-order valence-corrected chi connectivity index (χ1v) is 8.28. The van der Waals surface area contributed by atoms with Gasteiger partial charge in [-0.1, -0.05) is 6.07 Å². The van der Waals surface area contributed by atoms with Gasteiger partial charge in [-0.15, -0.1) is 0 Å². The molecule has 0 radical (unpaired) electrons. The van der Waals surface area contributed by atoms with Gasteiger partial charge in [0.1, 0.15) is 0 Å². The van der Waals surface area contributed by atoms with Crippen molar-refractivity contribution >= 4 is 16.1 Å². The molecule has 1 saturated heterocycles. The number of amides is 2. The zero-order valence-corrected chi connectivity index (χ0v) is 12.9. The number of hydrogen-bond donors (Lipinski definition) is 1. The third-order valence-corrected chi connectivity index (χ3v) is 5.46. The van der Waals surface area contributed by atoms with Crippen LogP contribution in [0.25, 0.3) is 0 Å². The van der Waals surface area contributed by atoms with Gasteiger partial charge in [-0.3, -0.25) is 0 Å². The van der Waals surface area contributed by atoms with Crippen LogP contribution in [0.5, 0.6) is 0 Å². The maximum absolute atomic E-state index is 12.7. The molecule has 0 aliphatic carbocycles. The van der Waals surface area contributed by atoms with Crippen LogP contribution in [-0.4, -0.2) is 49.8 Å². The lowest BCUT2D eigenvalue weighted by Crippen LogP contribution is -2.39. The second kappa shape index (κ2) is 6.36. The minimum absolute atomic E-state index is 0.0124. The number of primary amides is 1. The third-order valence-electron chi connectivity index (χ3n) is 3.57. The zero-order valence-electron chi connectivity index (χ0n) is 12.1. The minimum atomic E-state index is -4.62. The molecule has 2 N–H and O–H groups in total. The van der Waals surface area contributed by atoms with Crippen molar-refractivity contribution in [3.63, 3.8) is 0 Å². The van der Waals surface area contributed by atoms with E-state index in [1.165, 1.54) is 4.90 Å². The Labute approximate surface area is 131 Å². The fourth-order valence-electron chi connectivity index (χ4n) is 2.34. The summed E-state index contributed by atoms with van der Waals surface area (Å²) in [5.74, 6) is 0. The van der Waals surface area contributed by atoms with Gasteiger partial charge in [0.25, 0.3) is 0 Å². The van der Waals surface area contributed by atoms with E-state index in [2.05, 4.69) is 0 Å². The minimum Gasteiger partial charge on any atom is -0.351 e. The number of nitrogens with two attached hydrogens (primary N) is 1. The number of nitrogens with zero attached hydrogens (tertiary/aromatic N) is 2. The van der Waals surface area contributed by atoms with Crippen molar-refractivity contribution in [2.75, 3.05) is 26.2 Å². The van der Waals surface area contributed by atoms with E-state index in [0.717, 1.165) is 22.5 Å². The number of rotatable bonds is 2. The lowest BCUT2D eigenvalue weighted by atomic mass is 10.2. The van der Waals surface area contributed by atoms with Crippen molar-refractivity contribution in [3.05, 3.63) is 29.8 Å². The van der Waals surface area contributed by atoms with E-state index in [9.17, 15) is 26.4 Å². The number of benzene rings is 1. The molecular weight excluding hydrogens is 335 g/mol. The van der Waals surface area contributed by atoms with Crippen LogP contribution in [0.2, 0.25) is 0 Å². The predicted molar refractivity (Wildman–Crippen MR) is 76.0 cm³/mol. The Kier molecular flexibility index (Phi) is 4.85. The number of sulfonamides is 1. The van der Waals surface area contributed by atoms with E-state index in [1.807, 2.05) is 0 Å². The molecule has 6 nitrogen and oxygen atoms in total. The molecule has 1 aromatic rings. The molecule has 0 bridgehead atoms. The second-order valence-electron chi connectivity index (χ2n) is 5.11. The first-order chi connectivity index (χ1) is 10.6. The Morgan fingerprint density at radius 1 is 1.13 bits per heavy atom. The number of halogens is 3. The molecule has 0 saturated carbocycles. The van der Waals surface area contributed by atoms with Gasteiger partial charge >= 0.3 is 12.2 Å². The Bertz CT molecular complexity index is 691. The zero-order chi connectivity index (χ0) is 17.3. The van der Waals surface area contributed by atoms with Crippen molar-refractivity contribution in [2.45, 2.75) is 17.5 Å². The molecule has 0 unspecified atom stereocenters. The van der Waals surface area contributed by atoms with Gasteiger partial charge < -0.3 is 10.6 Å². The van der Waals surface area contributed by atoms with E-state index in [-0.39, 0.29) is 19.6 Å². The Morgan fingerprint density at radius 2 is 1.83 bits per heavy atom. The van der Waals surface area contributed by atoms with Gasteiger partial charge in [0.2, 0.25) is 10.0 Å². The Morgan fingerprint density at radius 3 is 2.43 bits per heavy atom. The van der Waals surface area contributed by atoms with Crippen LogP contribution in [0.1, 0.15) is 12.0 Å². The van der Waals surface area contributed by atoms with Crippen LogP contribution in [0.3, 0.4) is 0 Å². The van der Waals surface area contributed by atoms with Crippen LogP contribution >= 0.6 is 0 Å². The van der Waals surface area contributed by atoms with Crippen molar-refractivity contribution in [2.24, 2.45) is 5.73 Å². The van der Waals surface area contributed by atoms with E-state index in [1.54, 1.807) is 0 Å². The first-order valence-electron chi connectivity index (χ1n) is 6.84. The summed E-state index contributed by atoms with van der Waals surface area (Å²) in [5, 5.41) is 0. The molecule has 1 aromatic carbocycles. The molecule has 128 valence electrons. The second-order valence-corrected chi connectivity index (χ2v) is 7.05. The SMILES string of the molecule is NC(=O)N1CCCN(S(=O)(=O)c2cccc(C(F)(F)F)c2)CC1. The summed E-state index contributed by atoms with van der Waals surface area (Å²) >= 11 is 0. The maximum Gasteiger partial charge on any atom is 0.416 e. The predicted octanol–water partition coefficient (Wildman–Crippen LogP) is 1.48. The Hall–Kier alpha value is -1.81. The fourth-order valence-corrected chi connectivity index (χ4v) is 3.85. The summed E-state index contributed by atoms with van der Waals surface area (Å²) in [5.41, 5.74) is 4.14. The largest absolute Gasteiger partial charge is 0.416 e. The van der Waals surface area contributed by atoms with Crippen LogP contribution in [0.4, 0.5) is 18.0 Å². The van der Waals surface area contributed by atoms with E-state index >= 15 is 0 Å². The lowest BCUT2D eigenvalue weighted by Gasteiger charge is -2.21. The number of carbonyl (C=O) groups excluding carboxylic acids is 1. The molecule has 1 aliphatic heterocycles. The average molecular weight is 351 g/mol. The summed E-state index contributed by atoms with van der Waals surface area (Å²) < 4.78 is 64.3. The highest BCUT2D eigenvalue weighted by Gasteiger charge is 2.33. The fraction of sp³-hybridized carbons (Fsp3) is 0.462. The summed E-state index contributed by atoms with van der Waals surface area (Å²) in [4.78, 5) is 12.0. The molecule has 0 aromatic heterocycles. The highest BCUT2D eigenvalue weighted by atomic mass is 32.2. The van der Waals surface area contributed by atoms with E-state index in [4.69, 9.17) is 5.73 Å².